The Hall–Kier alpha value is -1.22. The van der Waals surface area contributed by atoms with Crippen LogP contribution in [0.1, 0.15) is 25.8 Å². The van der Waals surface area contributed by atoms with Crippen molar-refractivity contribution in [3.63, 3.8) is 0 Å². The van der Waals surface area contributed by atoms with Crippen molar-refractivity contribution in [2.24, 2.45) is 11.1 Å². The summed E-state index contributed by atoms with van der Waals surface area (Å²) in [5.41, 5.74) is 7.30. The van der Waals surface area contributed by atoms with E-state index in [0.29, 0.717) is 0 Å². The van der Waals surface area contributed by atoms with E-state index in [4.69, 9.17) is 15.2 Å². The molecule has 0 aliphatic heterocycles. The van der Waals surface area contributed by atoms with Crippen LogP contribution < -0.4 is 15.2 Å². The second kappa shape index (κ2) is 3.39. The third kappa shape index (κ3) is 1.47. The summed E-state index contributed by atoms with van der Waals surface area (Å²) in [4.78, 5) is 0. The molecule has 1 aromatic rings. The molecule has 0 heterocycles. The van der Waals surface area contributed by atoms with E-state index in [1.807, 2.05) is 18.2 Å². The SMILES string of the molecule is COc1ccc(OC)c(C2(N)CC2(C)C)c1. The number of hydrogen-bond acceptors (Lipinski definition) is 3. The van der Waals surface area contributed by atoms with E-state index < -0.39 is 0 Å². The lowest BCUT2D eigenvalue weighted by molar-refractivity contribution is 0.386. The van der Waals surface area contributed by atoms with E-state index in [9.17, 15) is 0 Å². The molecule has 0 bridgehead atoms. The summed E-state index contributed by atoms with van der Waals surface area (Å²) in [7, 11) is 3.33. The van der Waals surface area contributed by atoms with Gasteiger partial charge in [0.25, 0.3) is 0 Å². The van der Waals surface area contributed by atoms with Gasteiger partial charge < -0.3 is 15.2 Å². The highest BCUT2D eigenvalue weighted by Crippen LogP contribution is 2.62. The molecule has 0 spiro atoms. The zero-order chi connectivity index (χ0) is 12.0. The molecule has 1 unspecified atom stereocenters. The minimum atomic E-state index is -0.285. The van der Waals surface area contributed by atoms with Crippen LogP contribution >= 0.6 is 0 Å². The van der Waals surface area contributed by atoms with E-state index in [2.05, 4.69) is 13.8 Å². The van der Waals surface area contributed by atoms with Gasteiger partial charge in [0.1, 0.15) is 11.5 Å². The first-order valence-corrected chi connectivity index (χ1v) is 5.46. The van der Waals surface area contributed by atoms with Gasteiger partial charge in [-0.15, -0.1) is 0 Å². The highest BCUT2D eigenvalue weighted by molar-refractivity contribution is 5.49. The first-order chi connectivity index (χ1) is 7.44. The topological polar surface area (TPSA) is 44.5 Å². The number of methoxy groups -OCH3 is 2. The summed E-state index contributed by atoms with van der Waals surface area (Å²) in [6.07, 6.45) is 0.976. The maximum atomic E-state index is 6.41. The number of hydrogen-bond donors (Lipinski definition) is 1. The molecule has 1 aliphatic carbocycles. The summed E-state index contributed by atoms with van der Waals surface area (Å²) >= 11 is 0. The summed E-state index contributed by atoms with van der Waals surface area (Å²) < 4.78 is 10.6. The van der Waals surface area contributed by atoms with E-state index >= 15 is 0 Å². The van der Waals surface area contributed by atoms with Gasteiger partial charge in [0.2, 0.25) is 0 Å². The second-order valence-corrected chi connectivity index (χ2v) is 5.10. The molecule has 0 saturated heterocycles. The monoisotopic (exact) mass is 221 g/mol. The van der Waals surface area contributed by atoms with E-state index in [-0.39, 0.29) is 11.0 Å². The van der Waals surface area contributed by atoms with Crippen LogP contribution in [0.5, 0.6) is 11.5 Å². The molecule has 0 amide bonds. The lowest BCUT2D eigenvalue weighted by atomic mass is 9.96. The molecule has 1 aromatic carbocycles. The largest absolute Gasteiger partial charge is 0.497 e. The van der Waals surface area contributed by atoms with Crippen LogP contribution in [0.15, 0.2) is 18.2 Å². The molecule has 0 aromatic heterocycles. The van der Waals surface area contributed by atoms with Gasteiger partial charge >= 0.3 is 0 Å². The van der Waals surface area contributed by atoms with Crippen molar-refractivity contribution in [3.8, 4) is 11.5 Å². The second-order valence-electron chi connectivity index (χ2n) is 5.10. The average Bonchev–Trinajstić information content (AvgIpc) is 2.78. The molecule has 88 valence electrons. The zero-order valence-corrected chi connectivity index (χ0v) is 10.3. The Kier molecular flexibility index (Phi) is 2.39. The van der Waals surface area contributed by atoms with Gasteiger partial charge in [0, 0.05) is 5.56 Å². The normalized spacial score (nSPS) is 26.3. The Morgan fingerprint density at radius 1 is 1.19 bits per heavy atom. The fraction of sp³-hybridized carbons (Fsp3) is 0.538. The summed E-state index contributed by atoms with van der Waals surface area (Å²) in [6.45, 7) is 4.35. The van der Waals surface area contributed by atoms with Gasteiger partial charge in [-0.05, 0) is 30.0 Å². The molecule has 1 saturated carbocycles. The van der Waals surface area contributed by atoms with Crippen molar-refractivity contribution in [1.29, 1.82) is 0 Å². The smallest absolute Gasteiger partial charge is 0.124 e. The molecule has 2 N–H and O–H groups in total. The number of nitrogens with two attached hydrogens (primary N) is 1. The lowest BCUT2D eigenvalue weighted by Crippen LogP contribution is -2.26. The molecule has 1 fully saturated rings. The van der Waals surface area contributed by atoms with Gasteiger partial charge in [0.05, 0.1) is 19.8 Å². The molecule has 3 nitrogen and oxygen atoms in total. The molecule has 2 rings (SSSR count). The van der Waals surface area contributed by atoms with Crippen LogP contribution in [0, 0.1) is 5.41 Å². The Bertz CT molecular complexity index is 414. The quantitative estimate of drug-likeness (QED) is 0.851. The standard InChI is InChI=1S/C13H19NO2/c1-12(2)8-13(12,14)10-7-9(15-3)5-6-11(10)16-4/h5-7H,8,14H2,1-4H3. The Morgan fingerprint density at radius 3 is 2.25 bits per heavy atom. The molecule has 3 heteroatoms. The minimum Gasteiger partial charge on any atom is -0.497 e. The minimum absolute atomic E-state index is 0.132. The maximum absolute atomic E-state index is 6.41. The fourth-order valence-electron chi connectivity index (χ4n) is 2.28. The van der Waals surface area contributed by atoms with Crippen molar-refractivity contribution in [2.75, 3.05) is 14.2 Å². The average molecular weight is 221 g/mol. The Labute approximate surface area is 96.5 Å². The highest BCUT2D eigenvalue weighted by atomic mass is 16.5. The predicted octanol–water partition coefficient (Wildman–Crippen LogP) is 2.29. The fourth-order valence-corrected chi connectivity index (χ4v) is 2.28. The maximum Gasteiger partial charge on any atom is 0.124 e. The van der Waals surface area contributed by atoms with E-state index in [1.54, 1.807) is 14.2 Å². The van der Waals surface area contributed by atoms with Crippen molar-refractivity contribution >= 4 is 0 Å². The first kappa shape index (κ1) is 11.3. The van der Waals surface area contributed by atoms with Gasteiger partial charge in [-0.3, -0.25) is 0 Å². The van der Waals surface area contributed by atoms with Crippen molar-refractivity contribution in [2.45, 2.75) is 25.8 Å². The Balaban J connectivity index is 2.47. The summed E-state index contributed by atoms with van der Waals surface area (Å²) in [5.74, 6) is 1.66. The number of ether oxygens (including phenoxy) is 2. The van der Waals surface area contributed by atoms with Gasteiger partial charge in [-0.1, -0.05) is 13.8 Å². The summed E-state index contributed by atoms with van der Waals surface area (Å²) in [6, 6.07) is 5.78. The number of benzene rings is 1. The molecular weight excluding hydrogens is 202 g/mol. The molecular formula is C13H19NO2. The number of rotatable bonds is 3. The third-order valence-corrected chi connectivity index (χ3v) is 3.69. The van der Waals surface area contributed by atoms with E-state index in [1.165, 1.54) is 0 Å². The van der Waals surface area contributed by atoms with Crippen molar-refractivity contribution in [1.82, 2.24) is 0 Å². The van der Waals surface area contributed by atoms with Crippen LogP contribution in [0.2, 0.25) is 0 Å². The first-order valence-electron chi connectivity index (χ1n) is 5.46. The van der Waals surface area contributed by atoms with Crippen LogP contribution in [0.3, 0.4) is 0 Å². The third-order valence-electron chi connectivity index (χ3n) is 3.69. The van der Waals surface area contributed by atoms with Gasteiger partial charge in [-0.2, -0.15) is 0 Å². The molecule has 1 atom stereocenters. The lowest BCUT2D eigenvalue weighted by Gasteiger charge is -2.19. The van der Waals surface area contributed by atoms with Crippen molar-refractivity contribution in [3.05, 3.63) is 23.8 Å². The van der Waals surface area contributed by atoms with Crippen molar-refractivity contribution < 1.29 is 9.47 Å². The molecule has 16 heavy (non-hydrogen) atoms. The molecule has 0 radical (unpaired) electrons. The van der Waals surface area contributed by atoms with Gasteiger partial charge in [-0.25, -0.2) is 0 Å². The van der Waals surface area contributed by atoms with Crippen LogP contribution in [-0.2, 0) is 5.54 Å². The zero-order valence-electron chi connectivity index (χ0n) is 10.3. The predicted molar refractivity (Wildman–Crippen MR) is 63.8 cm³/mol. The summed E-state index contributed by atoms with van der Waals surface area (Å²) in [5, 5.41) is 0. The highest BCUT2D eigenvalue weighted by Gasteiger charge is 2.60. The van der Waals surface area contributed by atoms with Crippen LogP contribution in [0.25, 0.3) is 0 Å². The Morgan fingerprint density at radius 2 is 1.81 bits per heavy atom. The molecule has 1 aliphatic rings. The van der Waals surface area contributed by atoms with E-state index in [0.717, 1.165) is 23.5 Å². The van der Waals surface area contributed by atoms with Gasteiger partial charge in [0.15, 0.2) is 0 Å². The van der Waals surface area contributed by atoms with Crippen LogP contribution in [-0.4, -0.2) is 14.2 Å². The van der Waals surface area contributed by atoms with Crippen LogP contribution in [0.4, 0.5) is 0 Å².